The first-order chi connectivity index (χ1) is 20.7. The van der Waals surface area contributed by atoms with Crippen molar-refractivity contribution < 1.29 is 55.7 Å². The fourth-order valence-corrected chi connectivity index (χ4v) is 5.68. The molecule has 0 aliphatic carbocycles. The molecule has 0 heterocycles. The number of carbonyl (C=O) groups excluding carboxylic acids is 2. The van der Waals surface area contributed by atoms with E-state index in [2.05, 4.69) is 14.8 Å². The summed E-state index contributed by atoms with van der Waals surface area (Å²) in [5.41, 5.74) is -5.25. The molecule has 0 spiro atoms. The lowest BCUT2D eigenvalue weighted by molar-refractivity contribution is -0.122. The smallest absolute Gasteiger partial charge is 0.399 e. The van der Waals surface area contributed by atoms with Gasteiger partial charge in [0.1, 0.15) is 23.1 Å². The highest BCUT2D eigenvalue weighted by molar-refractivity contribution is 7.89. The van der Waals surface area contributed by atoms with Gasteiger partial charge in [-0.25, -0.2) is 13.2 Å². The second kappa shape index (κ2) is 14.7. The summed E-state index contributed by atoms with van der Waals surface area (Å²) in [7, 11) is -8.80. The van der Waals surface area contributed by atoms with Gasteiger partial charge in [0.15, 0.2) is 0 Å². The summed E-state index contributed by atoms with van der Waals surface area (Å²) < 4.78 is 77.8. The number of esters is 1. The van der Waals surface area contributed by atoms with Gasteiger partial charge in [-0.2, -0.15) is 13.5 Å². The first kappa shape index (κ1) is 34.6. The summed E-state index contributed by atoms with van der Waals surface area (Å²) in [6, 6.07) is 14.0. The Morgan fingerprint density at radius 3 is 2.25 bits per heavy atom. The van der Waals surface area contributed by atoms with Crippen LogP contribution >= 0.6 is 7.60 Å². The molecular weight excluding hydrogens is 625 g/mol. The Labute approximate surface area is 252 Å². The zero-order chi connectivity index (χ0) is 32.5. The molecule has 0 saturated heterocycles. The number of methoxy groups -OCH3 is 1. The lowest BCUT2D eigenvalue weighted by Gasteiger charge is -2.20. The van der Waals surface area contributed by atoms with E-state index in [0.29, 0.717) is 12.8 Å². The summed E-state index contributed by atoms with van der Waals surface area (Å²) in [5.74, 6) is -1.69. The standard InChI is InChI=1S/C28H31F2N2O10PS/c1-41-27(35)25-23(33)10-7-11-24(25)42-17-6-5-16-31-26(34)22(32-44(39,40)21-8-3-2-4-9-21)18-19-12-14-20(15-13-19)28(29,30)43(36,37)38/h2-4,7-15,22,32-33H,5-6,16-18H2,1H3,(H,31,34)(H2,36,37,38). The number of benzene rings is 3. The molecule has 3 rings (SSSR count). The van der Waals surface area contributed by atoms with Crippen LogP contribution in [0.3, 0.4) is 0 Å². The highest BCUT2D eigenvalue weighted by Crippen LogP contribution is 2.59. The van der Waals surface area contributed by atoms with Crippen molar-refractivity contribution in [3.8, 4) is 11.5 Å². The zero-order valence-corrected chi connectivity index (χ0v) is 25.1. The highest BCUT2D eigenvalue weighted by Gasteiger charge is 2.50. The van der Waals surface area contributed by atoms with Crippen molar-refractivity contribution in [2.24, 2.45) is 0 Å². The maximum Gasteiger partial charge on any atom is 0.399 e. The van der Waals surface area contributed by atoms with Crippen molar-refractivity contribution >= 4 is 29.5 Å². The molecule has 238 valence electrons. The summed E-state index contributed by atoms with van der Waals surface area (Å²) in [6.45, 7) is 0.210. The predicted molar refractivity (Wildman–Crippen MR) is 154 cm³/mol. The second-order valence-electron chi connectivity index (χ2n) is 9.46. The number of phenols is 1. The van der Waals surface area contributed by atoms with Crippen LogP contribution in [0.25, 0.3) is 0 Å². The normalized spacial score (nSPS) is 12.8. The van der Waals surface area contributed by atoms with Crippen molar-refractivity contribution in [2.75, 3.05) is 20.3 Å². The molecule has 16 heteroatoms. The third-order valence-corrected chi connectivity index (χ3v) is 8.77. The molecule has 12 nitrogen and oxygen atoms in total. The number of amides is 1. The Morgan fingerprint density at radius 2 is 1.64 bits per heavy atom. The number of hydrogen-bond acceptors (Lipinski definition) is 8. The molecule has 0 aliphatic heterocycles. The van der Waals surface area contributed by atoms with Crippen LogP contribution in [0.15, 0.2) is 77.7 Å². The Kier molecular flexibility index (Phi) is 11.6. The van der Waals surface area contributed by atoms with Gasteiger partial charge in [0.2, 0.25) is 15.9 Å². The number of phenolic OH excluding ortho intramolecular Hbond substituents is 1. The van der Waals surface area contributed by atoms with Gasteiger partial charge in [0.05, 0.1) is 18.6 Å². The minimum absolute atomic E-state index is 0.100. The van der Waals surface area contributed by atoms with Crippen molar-refractivity contribution in [3.05, 3.63) is 89.5 Å². The van der Waals surface area contributed by atoms with Crippen LogP contribution in [0.4, 0.5) is 8.78 Å². The third-order valence-electron chi connectivity index (χ3n) is 6.30. The van der Waals surface area contributed by atoms with Gasteiger partial charge < -0.3 is 29.7 Å². The number of hydrogen-bond donors (Lipinski definition) is 5. The first-order valence-electron chi connectivity index (χ1n) is 13.1. The molecule has 0 aliphatic rings. The van der Waals surface area contributed by atoms with Crippen molar-refractivity contribution in [2.45, 2.75) is 35.9 Å². The number of unbranched alkanes of at least 4 members (excludes halogenated alkanes) is 1. The summed E-state index contributed by atoms with van der Waals surface area (Å²) in [5, 5.41) is 12.6. The fourth-order valence-electron chi connectivity index (χ4n) is 3.98. The second-order valence-corrected chi connectivity index (χ2v) is 12.8. The highest BCUT2D eigenvalue weighted by atomic mass is 32.2. The average Bonchev–Trinajstić information content (AvgIpc) is 2.98. The van der Waals surface area contributed by atoms with Crippen LogP contribution in [-0.2, 0) is 36.2 Å². The first-order valence-corrected chi connectivity index (χ1v) is 16.2. The molecule has 1 unspecified atom stereocenters. The van der Waals surface area contributed by atoms with Gasteiger partial charge in [-0.05, 0) is 49.1 Å². The Balaban J connectivity index is 1.66. The Bertz CT molecular complexity index is 1600. The molecule has 3 aromatic carbocycles. The van der Waals surface area contributed by atoms with E-state index in [-0.39, 0.29) is 47.1 Å². The van der Waals surface area contributed by atoms with Gasteiger partial charge in [0, 0.05) is 12.1 Å². The SMILES string of the molecule is COC(=O)c1c(O)cccc1OCCCCNC(=O)C(Cc1ccc(C(F)(F)P(=O)(O)O)cc1)NS(=O)(=O)c1ccccc1. The van der Waals surface area contributed by atoms with Gasteiger partial charge in [-0.15, -0.1) is 0 Å². The maximum absolute atomic E-state index is 14.0. The molecule has 0 fully saturated rings. The van der Waals surface area contributed by atoms with Crippen LogP contribution in [0.5, 0.6) is 11.5 Å². The van der Waals surface area contributed by atoms with Gasteiger partial charge in [-0.1, -0.05) is 48.5 Å². The van der Waals surface area contributed by atoms with E-state index in [1.807, 2.05) is 0 Å². The molecule has 0 aromatic heterocycles. The minimum Gasteiger partial charge on any atom is -0.507 e. The molecule has 44 heavy (non-hydrogen) atoms. The Morgan fingerprint density at radius 1 is 0.977 bits per heavy atom. The van der Waals surface area contributed by atoms with E-state index in [1.165, 1.54) is 42.5 Å². The number of ether oxygens (including phenoxy) is 2. The van der Waals surface area contributed by atoms with Crippen LogP contribution in [-0.4, -0.2) is 61.5 Å². The average molecular weight is 657 g/mol. The fraction of sp³-hybridized carbons (Fsp3) is 0.286. The quantitative estimate of drug-likeness (QED) is 0.0923. The van der Waals surface area contributed by atoms with E-state index in [4.69, 9.17) is 14.5 Å². The number of aromatic hydroxyl groups is 1. The topological polar surface area (TPSA) is 189 Å². The predicted octanol–water partition coefficient (Wildman–Crippen LogP) is 3.27. The van der Waals surface area contributed by atoms with E-state index in [9.17, 15) is 36.5 Å². The number of carbonyl (C=O) groups is 2. The van der Waals surface area contributed by atoms with E-state index < -0.39 is 46.8 Å². The van der Waals surface area contributed by atoms with E-state index >= 15 is 0 Å². The van der Waals surface area contributed by atoms with Crippen LogP contribution < -0.4 is 14.8 Å². The molecule has 0 saturated carbocycles. The number of sulfonamides is 1. The van der Waals surface area contributed by atoms with Gasteiger partial charge in [-0.3, -0.25) is 9.36 Å². The lowest BCUT2D eigenvalue weighted by atomic mass is 10.0. The molecule has 1 atom stereocenters. The molecule has 3 aromatic rings. The van der Waals surface area contributed by atoms with Crippen LogP contribution in [0.1, 0.15) is 34.3 Å². The minimum atomic E-state index is -5.79. The Hall–Kier alpha value is -3.88. The number of halogens is 2. The monoisotopic (exact) mass is 656 g/mol. The van der Waals surface area contributed by atoms with Crippen molar-refractivity contribution in [1.29, 1.82) is 0 Å². The van der Waals surface area contributed by atoms with Crippen LogP contribution in [0.2, 0.25) is 0 Å². The van der Waals surface area contributed by atoms with E-state index in [0.717, 1.165) is 31.4 Å². The van der Waals surface area contributed by atoms with Crippen LogP contribution in [0, 0.1) is 0 Å². The van der Waals surface area contributed by atoms with Crippen molar-refractivity contribution in [3.63, 3.8) is 0 Å². The largest absolute Gasteiger partial charge is 0.507 e. The van der Waals surface area contributed by atoms with E-state index in [1.54, 1.807) is 6.07 Å². The summed E-state index contributed by atoms with van der Waals surface area (Å²) in [4.78, 5) is 42.8. The summed E-state index contributed by atoms with van der Waals surface area (Å²) >= 11 is 0. The lowest BCUT2D eigenvalue weighted by Crippen LogP contribution is -2.48. The number of nitrogens with one attached hydrogen (secondary N) is 2. The zero-order valence-electron chi connectivity index (χ0n) is 23.4. The number of rotatable bonds is 15. The molecule has 0 radical (unpaired) electrons. The number of alkyl halides is 2. The molecule has 1 amide bonds. The van der Waals surface area contributed by atoms with Gasteiger partial charge >= 0.3 is 19.2 Å². The maximum atomic E-state index is 14.0. The molecular formula is C28H31F2N2O10PS. The van der Waals surface area contributed by atoms with Crippen molar-refractivity contribution in [1.82, 2.24) is 10.0 Å². The molecule has 5 N–H and O–H groups in total. The summed E-state index contributed by atoms with van der Waals surface area (Å²) in [6.07, 6.45) is 0.505. The third kappa shape index (κ3) is 8.83. The van der Waals surface area contributed by atoms with Gasteiger partial charge in [0.25, 0.3) is 0 Å². The molecule has 0 bridgehead atoms.